The van der Waals surface area contributed by atoms with E-state index in [0.717, 1.165) is 98.7 Å². The molecular weight excluding hydrogens is 835 g/mol. The van der Waals surface area contributed by atoms with Gasteiger partial charge in [0.1, 0.15) is 0 Å². The van der Waals surface area contributed by atoms with Gasteiger partial charge in [0.25, 0.3) is 0 Å². The monoisotopic (exact) mass is 864 g/mol. The van der Waals surface area contributed by atoms with E-state index in [-0.39, 0.29) is 17.1 Å². The molecule has 0 spiro atoms. The Hall–Kier alpha value is -6.86. The van der Waals surface area contributed by atoms with Crippen LogP contribution >= 0.6 is 23.2 Å². The maximum Gasteiger partial charge on any atom is 2.00 e. The normalized spacial score (nSPS) is 11.3. The van der Waals surface area contributed by atoms with Crippen molar-refractivity contribution in [2.24, 2.45) is 0 Å². The van der Waals surface area contributed by atoms with E-state index in [9.17, 15) is 0 Å². The summed E-state index contributed by atoms with van der Waals surface area (Å²) in [6.07, 6.45) is 7.58. The molecular formula is C52H30Cl2FeN6. The van der Waals surface area contributed by atoms with Gasteiger partial charge in [0, 0.05) is 77.9 Å². The average Bonchev–Trinajstić information content (AvgIpc) is 3.29. The molecule has 0 atom stereocenters. The summed E-state index contributed by atoms with van der Waals surface area (Å²) >= 11 is 13.0. The number of rotatable bonds is 4. The van der Waals surface area contributed by atoms with Gasteiger partial charge in [-0.2, -0.15) is 0 Å². The summed E-state index contributed by atoms with van der Waals surface area (Å²) in [6.45, 7) is 0. The first-order valence-electron chi connectivity index (χ1n) is 19.5. The molecule has 0 aliphatic rings. The Morgan fingerprint density at radius 1 is 0.295 bits per heavy atom. The average molecular weight is 866 g/mol. The van der Waals surface area contributed by atoms with E-state index in [1.54, 1.807) is 0 Å². The summed E-state index contributed by atoms with van der Waals surface area (Å²) in [6, 6.07) is 52.7. The molecule has 290 valence electrons. The van der Waals surface area contributed by atoms with Crippen molar-refractivity contribution in [3.05, 3.63) is 203 Å². The Bertz CT molecular complexity index is 3430. The molecule has 9 heteroatoms. The van der Waals surface area contributed by atoms with E-state index in [4.69, 9.17) is 53.8 Å². The number of pyridine rings is 4. The molecule has 4 aromatic heterocycles. The van der Waals surface area contributed by atoms with E-state index in [1.807, 2.05) is 122 Å². The number of hydrogen-bond acceptors (Lipinski definition) is 4. The van der Waals surface area contributed by atoms with Crippen LogP contribution in [-0.2, 0) is 17.1 Å². The SMILES string of the molecule is Clc1cc([N-]c2cccc3c2ncc2ccccc23)c2ncc3ccccc3c2c1.Clc1cc([N-]c2cccc3c2ncc2ccccc23)c2ncc3ccccc3c2c1.[Fe+2]. The van der Waals surface area contributed by atoms with Crippen LogP contribution in [0, 0.1) is 0 Å². The summed E-state index contributed by atoms with van der Waals surface area (Å²) in [4.78, 5) is 18.8. The van der Waals surface area contributed by atoms with E-state index >= 15 is 0 Å². The van der Waals surface area contributed by atoms with Gasteiger partial charge in [-0.1, -0.05) is 169 Å². The minimum atomic E-state index is 0. The third-order valence-electron chi connectivity index (χ3n) is 11.0. The van der Waals surface area contributed by atoms with E-state index in [1.165, 1.54) is 10.8 Å². The van der Waals surface area contributed by atoms with Crippen molar-refractivity contribution in [3.63, 3.8) is 0 Å². The Kier molecular flexibility index (Phi) is 10.0. The van der Waals surface area contributed by atoms with Crippen LogP contribution in [-0.4, -0.2) is 19.9 Å². The largest absolute Gasteiger partial charge is 2.00 e. The molecule has 6 nitrogen and oxygen atoms in total. The first-order valence-corrected chi connectivity index (χ1v) is 20.2. The van der Waals surface area contributed by atoms with Gasteiger partial charge in [-0.3, -0.25) is 19.9 Å². The molecule has 0 bridgehead atoms. The topological polar surface area (TPSA) is 79.8 Å². The molecule has 0 amide bonds. The first kappa shape index (κ1) is 38.3. The van der Waals surface area contributed by atoms with Crippen LogP contribution in [0.25, 0.3) is 97.3 Å². The standard InChI is InChI=1S/2C26H15ClN3.Fe/c2*27-18-12-22-20-9-4-2-7-17(20)15-29-26(22)24(13-18)30-23-11-5-10-21-19-8-3-1-6-16(19)14-28-25(21)23;/h2*1-15H;/q2*-1;+2. The Morgan fingerprint density at radius 2 is 0.590 bits per heavy atom. The van der Waals surface area contributed by atoms with Crippen molar-refractivity contribution >= 4 is 133 Å². The molecule has 0 N–H and O–H groups in total. The summed E-state index contributed by atoms with van der Waals surface area (Å²) < 4.78 is 0. The molecule has 0 unspecified atom stereocenters. The van der Waals surface area contributed by atoms with Crippen LogP contribution < -0.4 is 0 Å². The molecule has 12 rings (SSSR count). The van der Waals surface area contributed by atoms with Gasteiger partial charge in [0.15, 0.2) is 0 Å². The van der Waals surface area contributed by atoms with Gasteiger partial charge >= 0.3 is 17.1 Å². The third kappa shape index (κ3) is 6.98. The third-order valence-corrected chi connectivity index (χ3v) is 11.4. The van der Waals surface area contributed by atoms with Crippen molar-refractivity contribution in [1.29, 1.82) is 0 Å². The van der Waals surface area contributed by atoms with Gasteiger partial charge < -0.3 is 10.6 Å². The predicted octanol–water partition coefficient (Wildman–Crippen LogP) is 16.2. The molecule has 4 heterocycles. The van der Waals surface area contributed by atoms with Gasteiger partial charge in [0.2, 0.25) is 0 Å². The Labute approximate surface area is 370 Å². The second kappa shape index (κ2) is 16.0. The smallest absolute Gasteiger partial charge is 0.654 e. The Balaban J connectivity index is 0.000000144. The molecule has 0 fully saturated rings. The minimum absolute atomic E-state index is 0. The van der Waals surface area contributed by atoms with Gasteiger partial charge in [0.05, 0.1) is 22.1 Å². The maximum absolute atomic E-state index is 6.48. The van der Waals surface area contributed by atoms with E-state index in [0.29, 0.717) is 10.0 Å². The van der Waals surface area contributed by atoms with Crippen molar-refractivity contribution in [1.82, 2.24) is 19.9 Å². The molecule has 0 aliphatic heterocycles. The number of halogens is 2. The fraction of sp³-hybridized carbons (Fsp3) is 0. The van der Waals surface area contributed by atoms with Gasteiger partial charge in [-0.25, -0.2) is 0 Å². The quantitative estimate of drug-likeness (QED) is 0.130. The zero-order chi connectivity index (χ0) is 40.2. The van der Waals surface area contributed by atoms with E-state index < -0.39 is 0 Å². The van der Waals surface area contributed by atoms with Crippen LogP contribution in [0.5, 0.6) is 0 Å². The minimum Gasteiger partial charge on any atom is -0.654 e. The fourth-order valence-corrected chi connectivity index (χ4v) is 8.61. The summed E-state index contributed by atoms with van der Waals surface area (Å²) in [5.41, 5.74) is 6.48. The maximum atomic E-state index is 6.48. The number of hydrogen-bond donors (Lipinski definition) is 0. The number of benzene rings is 8. The molecule has 0 saturated heterocycles. The van der Waals surface area contributed by atoms with Crippen LogP contribution in [0.4, 0.5) is 22.7 Å². The number of para-hydroxylation sites is 2. The Morgan fingerprint density at radius 3 is 0.951 bits per heavy atom. The number of aromatic nitrogens is 4. The van der Waals surface area contributed by atoms with E-state index in [2.05, 4.69) is 60.7 Å². The van der Waals surface area contributed by atoms with Crippen LogP contribution in [0.15, 0.2) is 183 Å². The van der Waals surface area contributed by atoms with Crippen LogP contribution in [0.2, 0.25) is 10.0 Å². The zero-order valence-corrected chi connectivity index (χ0v) is 34.7. The fourth-order valence-electron chi connectivity index (χ4n) is 8.19. The molecule has 0 radical (unpaired) electrons. The predicted molar refractivity (Wildman–Crippen MR) is 252 cm³/mol. The van der Waals surface area contributed by atoms with Crippen molar-refractivity contribution in [2.45, 2.75) is 0 Å². The van der Waals surface area contributed by atoms with Crippen molar-refractivity contribution in [2.75, 3.05) is 0 Å². The summed E-state index contributed by atoms with van der Waals surface area (Å²) in [5, 5.41) is 24.3. The van der Waals surface area contributed by atoms with Crippen molar-refractivity contribution < 1.29 is 17.1 Å². The summed E-state index contributed by atoms with van der Waals surface area (Å²) in [7, 11) is 0. The van der Waals surface area contributed by atoms with Crippen LogP contribution in [0.1, 0.15) is 0 Å². The number of fused-ring (bicyclic) bond motifs is 12. The second-order valence-electron chi connectivity index (χ2n) is 14.6. The molecule has 0 saturated carbocycles. The van der Waals surface area contributed by atoms with Gasteiger partial charge in [-0.05, 0) is 33.7 Å². The van der Waals surface area contributed by atoms with Crippen molar-refractivity contribution in [3.8, 4) is 0 Å². The summed E-state index contributed by atoms with van der Waals surface area (Å²) in [5.74, 6) is 0. The molecule has 61 heavy (non-hydrogen) atoms. The second-order valence-corrected chi connectivity index (χ2v) is 15.5. The number of nitrogens with zero attached hydrogens (tertiary/aromatic N) is 6. The zero-order valence-electron chi connectivity index (χ0n) is 32.1. The molecule has 0 aliphatic carbocycles. The molecule has 12 aromatic rings. The van der Waals surface area contributed by atoms with Gasteiger partial charge in [-0.15, -0.1) is 22.7 Å². The molecule has 8 aromatic carbocycles. The first-order chi connectivity index (χ1) is 29.6. The van der Waals surface area contributed by atoms with Crippen LogP contribution in [0.3, 0.4) is 0 Å².